The smallest absolute Gasteiger partial charge is 0.244 e. The van der Waals surface area contributed by atoms with Gasteiger partial charge < -0.3 is 5.73 Å². The van der Waals surface area contributed by atoms with Crippen molar-refractivity contribution < 1.29 is 8.42 Å². The lowest BCUT2D eigenvalue weighted by Gasteiger charge is -2.09. The van der Waals surface area contributed by atoms with E-state index in [-0.39, 0.29) is 10.8 Å². The summed E-state index contributed by atoms with van der Waals surface area (Å²) in [6.07, 6.45) is 0. The first-order valence-corrected chi connectivity index (χ1v) is 7.51. The fourth-order valence-corrected chi connectivity index (χ4v) is 3.38. The molecule has 0 fully saturated rings. The summed E-state index contributed by atoms with van der Waals surface area (Å²) < 4.78 is 28.6. The van der Waals surface area contributed by atoms with Crippen molar-refractivity contribution in [2.75, 3.05) is 13.1 Å². The van der Waals surface area contributed by atoms with Crippen molar-refractivity contribution in [1.82, 2.24) is 14.5 Å². The highest BCUT2D eigenvalue weighted by molar-refractivity contribution is 7.89. The van der Waals surface area contributed by atoms with E-state index < -0.39 is 10.0 Å². The van der Waals surface area contributed by atoms with Crippen LogP contribution >= 0.6 is 0 Å². The van der Waals surface area contributed by atoms with E-state index in [4.69, 9.17) is 5.73 Å². The quantitative estimate of drug-likeness (QED) is 0.785. The van der Waals surface area contributed by atoms with E-state index in [1.54, 1.807) is 18.5 Å². The van der Waals surface area contributed by atoms with E-state index >= 15 is 0 Å². The molecule has 0 saturated heterocycles. The maximum atomic E-state index is 12.2. The Bertz CT molecular complexity index is 505. The molecule has 0 spiro atoms. The molecule has 0 bridgehead atoms. The van der Waals surface area contributed by atoms with Crippen molar-refractivity contribution in [2.24, 2.45) is 11.7 Å². The van der Waals surface area contributed by atoms with Crippen LogP contribution in [0.25, 0.3) is 0 Å². The average Bonchev–Trinajstić information content (AvgIpc) is 2.52. The molecule has 6 nitrogen and oxygen atoms in total. The molecule has 1 rings (SSSR count). The van der Waals surface area contributed by atoms with Gasteiger partial charge in [0.1, 0.15) is 4.90 Å². The van der Waals surface area contributed by atoms with E-state index in [0.717, 1.165) is 0 Å². The Kier molecular flexibility index (Phi) is 4.89. The van der Waals surface area contributed by atoms with Crippen LogP contribution in [-0.2, 0) is 16.6 Å². The van der Waals surface area contributed by atoms with Gasteiger partial charge in [0.05, 0.1) is 17.9 Å². The third-order valence-electron chi connectivity index (χ3n) is 2.61. The standard InChI is InChI=1S/C11H22N4O2S/c1-8(2)7-13-18(16,17)11-9(3)14-15(6-5-12)10(11)4/h8,13H,5-7,12H2,1-4H3. The second-order valence-electron chi connectivity index (χ2n) is 4.76. The molecule has 0 aliphatic carbocycles. The number of rotatable bonds is 6. The molecule has 1 heterocycles. The zero-order valence-electron chi connectivity index (χ0n) is 11.4. The molecule has 3 N–H and O–H groups in total. The van der Waals surface area contributed by atoms with Gasteiger partial charge in [0.15, 0.2) is 0 Å². The maximum Gasteiger partial charge on any atom is 0.244 e. The molecule has 0 aliphatic heterocycles. The summed E-state index contributed by atoms with van der Waals surface area (Å²) in [5.74, 6) is 0.263. The Hall–Kier alpha value is -0.920. The molecule has 0 radical (unpaired) electrons. The highest BCUT2D eigenvalue weighted by atomic mass is 32.2. The number of nitrogens with zero attached hydrogens (tertiary/aromatic N) is 2. The monoisotopic (exact) mass is 274 g/mol. The molecule has 1 aromatic heterocycles. The summed E-state index contributed by atoms with van der Waals surface area (Å²) in [7, 11) is -3.49. The third kappa shape index (κ3) is 3.30. The number of nitrogens with two attached hydrogens (primary N) is 1. The highest BCUT2D eigenvalue weighted by Crippen LogP contribution is 2.19. The number of hydrogen-bond acceptors (Lipinski definition) is 4. The van der Waals surface area contributed by atoms with Crippen LogP contribution in [0.5, 0.6) is 0 Å². The first kappa shape index (κ1) is 15.1. The van der Waals surface area contributed by atoms with Gasteiger partial charge in [0.2, 0.25) is 10.0 Å². The summed E-state index contributed by atoms with van der Waals surface area (Å²) in [5, 5.41) is 4.21. The van der Waals surface area contributed by atoms with Gasteiger partial charge in [-0.15, -0.1) is 0 Å². The Morgan fingerprint density at radius 1 is 1.39 bits per heavy atom. The lowest BCUT2D eigenvalue weighted by Crippen LogP contribution is -2.28. The van der Waals surface area contributed by atoms with Gasteiger partial charge in [-0.25, -0.2) is 13.1 Å². The van der Waals surface area contributed by atoms with Crippen LogP contribution in [0.1, 0.15) is 25.2 Å². The van der Waals surface area contributed by atoms with Gasteiger partial charge in [0.25, 0.3) is 0 Å². The maximum absolute atomic E-state index is 12.2. The van der Waals surface area contributed by atoms with Crippen molar-refractivity contribution in [3.63, 3.8) is 0 Å². The second kappa shape index (κ2) is 5.81. The van der Waals surface area contributed by atoms with Gasteiger partial charge in [-0.3, -0.25) is 4.68 Å². The molecule has 18 heavy (non-hydrogen) atoms. The van der Waals surface area contributed by atoms with Crippen LogP contribution in [-0.4, -0.2) is 31.3 Å². The van der Waals surface area contributed by atoms with E-state index in [1.807, 2.05) is 13.8 Å². The van der Waals surface area contributed by atoms with Crippen molar-refractivity contribution in [2.45, 2.75) is 39.1 Å². The molecular formula is C11H22N4O2S. The van der Waals surface area contributed by atoms with Gasteiger partial charge in [-0.1, -0.05) is 13.8 Å². The van der Waals surface area contributed by atoms with Gasteiger partial charge in [-0.05, 0) is 19.8 Å². The van der Waals surface area contributed by atoms with Crippen molar-refractivity contribution in [3.8, 4) is 0 Å². The third-order valence-corrected chi connectivity index (χ3v) is 4.28. The van der Waals surface area contributed by atoms with E-state index in [0.29, 0.717) is 31.0 Å². The van der Waals surface area contributed by atoms with Gasteiger partial charge >= 0.3 is 0 Å². The average molecular weight is 274 g/mol. The minimum Gasteiger partial charge on any atom is -0.329 e. The molecule has 0 atom stereocenters. The summed E-state index contributed by atoms with van der Waals surface area (Å²) >= 11 is 0. The fraction of sp³-hybridized carbons (Fsp3) is 0.727. The first-order valence-electron chi connectivity index (χ1n) is 6.03. The van der Waals surface area contributed by atoms with Crippen molar-refractivity contribution in [1.29, 1.82) is 0 Å². The highest BCUT2D eigenvalue weighted by Gasteiger charge is 2.24. The number of nitrogens with one attached hydrogen (secondary N) is 1. The summed E-state index contributed by atoms with van der Waals surface area (Å²) in [6.45, 7) is 8.74. The second-order valence-corrected chi connectivity index (χ2v) is 6.46. The molecular weight excluding hydrogens is 252 g/mol. The molecule has 1 aromatic rings. The topological polar surface area (TPSA) is 90.0 Å². The summed E-state index contributed by atoms with van der Waals surface area (Å²) in [5.41, 5.74) is 6.62. The van der Waals surface area contributed by atoms with E-state index in [1.165, 1.54) is 0 Å². The Morgan fingerprint density at radius 3 is 2.50 bits per heavy atom. The van der Waals surface area contributed by atoms with Crippen molar-refractivity contribution >= 4 is 10.0 Å². The lowest BCUT2D eigenvalue weighted by atomic mass is 10.2. The van der Waals surface area contributed by atoms with E-state index in [2.05, 4.69) is 9.82 Å². The van der Waals surface area contributed by atoms with Crippen LogP contribution in [0.2, 0.25) is 0 Å². The minimum absolute atomic E-state index is 0.263. The van der Waals surface area contributed by atoms with Crippen LogP contribution in [0.3, 0.4) is 0 Å². The minimum atomic E-state index is -3.49. The molecule has 0 aliphatic rings. The number of aromatic nitrogens is 2. The van der Waals surface area contributed by atoms with Crippen LogP contribution in [0.4, 0.5) is 0 Å². The molecule has 7 heteroatoms. The van der Waals surface area contributed by atoms with Gasteiger partial charge in [0, 0.05) is 13.1 Å². The molecule has 104 valence electrons. The fourth-order valence-electron chi connectivity index (χ4n) is 1.76. The Labute approximate surface area is 109 Å². The summed E-state index contributed by atoms with van der Waals surface area (Å²) in [6, 6.07) is 0. The zero-order chi connectivity index (χ0) is 13.9. The molecule has 0 amide bonds. The number of aryl methyl sites for hydroxylation is 1. The predicted molar refractivity (Wildman–Crippen MR) is 70.8 cm³/mol. The van der Waals surface area contributed by atoms with Gasteiger partial charge in [-0.2, -0.15) is 5.10 Å². The normalized spacial score (nSPS) is 12.3. The SMILES string of the molecule is Cc1nn(CCN)c(C)c1S(=O)(=O)NCC(C)C. The Morgan fingerprint density at radius 2 is 2.00 bits per heavy atom. The summed E-state index contributed by atoms with van der Waals surface area (Å²) in [4.78, 5) is 0.275. The van der Waals surface area contributed by atoms with Crippen LogP contribution in [0.15, 0.2) is 4.90 Å². The zero-order valence-corrected chi connectivity index (χ0v) is 12.2. The lowest BCUT2D eigenvalue weighted by molar-refractivity contribution is 0.558. The Balaban J connectivity index is 3.08. The van der Waals surface area contributed by atoms with E-state index in [9.17, 15) is 8.42 Å². The van der Waals surface area contributed by atoms with Crippen LogP contribution < -0.4 is 10.5 Å². The largest absolute Gasteiger partial charge is 0.329 e. The number of sulfonamides is 1. The molecule has 0 saturated carbocycles. The first-order chi connectivity index (χ1) is 8.29. The molecule has 0 aromatic carbocycles. The number of hydrogen-bond donors (Lipinski definition) is 2. The predicted octanol–water partition coefficient (Wildman–Crippen LogP) is 0.393. The van der Waals surface area contributed by atoms with Crippen molar-refractivity contribution in [3.05, 3.63) is 11.4 Å². The van der Waals surface area contributed by atoms with Crippen LogP contribution in [0, 0.1) is 19.8 Å². The molecule has 0 unspecified atom stereocenters.